The fourth-order valence-electron chi connectivity index (χ4n) is 3.46. The molecule has 0 aliphatic rings. The first-order valence-corrected chi connectivity index (χ1v) is 13.7. The summed E-state index contributed by atoms with van der Waals surface area (Å²) in [7, 11) is 0. The van der Waals surface area contributed by atoms with E-state index in [1.165, 1.54) is 35.6 Å². The van der Waals surface area contributed by atoms with E-state index in [0.717, 1.165) is 9.75 Å². The lowest BCUT2D eigenvalue weighted by molar-refractivity contribution is 0.109. The Morgan fingerprint density at radius 2 is 0.733 bits per heavy atom. The van der Waals surface area contributed by atoms with Crippen LogP contribution in [0.1, 0.15) is 75.0 Å². The second-order valence-electron chi connectivity index (χ2n) is 8.64. The molecule has 5 heterocycles. The van der Waals surface area contributed by atoms with Crippen LogP contribution in [-0.2, 0) is 0 Å². The van der Waals surface area contributed by atoms with Crippen LogP contribution in [0.4, 0.5) is 0 Å². The van der Waals surface area contributed by atoms with Crippen molar-refractivity contribution in [2.75, 3.05) is 0 Å². The minimum absolute atomic E-state index is 0.150. The zero-order valence-electron chi connectivity index (χ0n) is 22.9. The summed E-state index contributed by atoms with van der Waals surface area (Å²) < 4.78 is 21.3. The number of thiophene rings is 1. The van der Waals surface area contributed by atoms with Crippen molar-refractivity contribution in [1.29, 1.82) is 0 Å². The van der Waals surface area contributed by atoms with Crippen LogP contribution >= 0.6 is 11.3 Å². The molecule has 0 saturated heterocycles. The van der Waals surface area contributed by atoms with Gasteiger partial charge in [0.15, 0.2) is 71.2 Å². The monoisotopic (exact) mass is 608 g/mol. The molecule has 214 valence electrons. The maximum absolute atomic E-state index is 11.0. The van der Waals surface area contributed by atoms with Crippen LogP contribution in [0.2, 0.25) is 0 Å². The van der Waals surface area contributed by atoms with Gasteiger partial charge in [-0.1, -0.05) is 0 Å². The van der Waals surface area contributed by atoms with E-state index < -0.39 is 0 Å². The van der Waals surface area contributed by atoms with Crippen LogP contribution in [0, 0.1) is 47.4 Å². The van der Waals surface area contributed by atoms with Gasteiger partial charge in [-0.15, -0.1) is 11.3 Å². The van der Waals surface area contributed by atoms with Crippen LogP contribution in [0.5, 0.6) is 0 Å². The smallest absolute Gasteiger partial charge is 0.185 e. The standard InChI is InChI=1S/C36H16O8S/c37-21-31-13-9-27(41-31)5-1-25(2-6-28-10-14-32(22-38)42-28)19-35-17-18-36(45-35)20-26(3-7-29-11-15-33(23-39)43-29)4-8-30-12-16-34(24-40)44-30/h9-24H. The average molecular weight is 609 g/mol. The number of aldehydes is 4. The Labute approximate surface area is 260 Å². The van der Waals surface area contributed by atoms with Crippen LogP contribution in [-0.4, -0.2) is 25.1 Å². The predicted octanol–water partition coefficient (Wildman–Crippen LogP) is 6.34. The van der Waals surface area contributed by atoms with Crippen molar-refractivity contribution in [3.63, 3.8) is 0 Å². The summed E-state index contributed by atoms with van der Waals surface area (Å²) in [4.78, 5) is 45.4. The van der Waals surface area contributed by atoms with E-state index in [9.17, 15) is 19.2 Å². The number of carbonyl (C=O) groups excluding carboxylic acids is 4. The number of allylic oxidation sites excluding steroid dienone is 2. The highest BCUT2D eigenvalue weighted by atomic mass is 32.1. The third-order valence-electron chi connectivity index (χ3n) is 5.47. The number of hydrogen-bond acceptors (Lipinski definition) is 9. The molecule has 0 amide bonds. The van der Waals surface area contributed by atoms with Crippen molar-refractivity contribution in [3.8, 4) is 47.4 Å². The summed E-state index contributed by atoms with van der Waals surface area (Å²) in [5.41, 5.74) is 0.820. The number of carbonyl (C=O) groups is 4. The second kappa shape index (κ2) is 14.4. The summed E-state index contributed by atoms with van der Waals surface area (Å²) in [6.45, 7) is 0. The SMILES string of the molecule is O=Cc1ccc(C#CC(C#Cc2ccc(C=O)o2)=Cc2ccc(C=C(C#Cc3ccc(C=O)o3)C#Cc3ccc(C=O)o3)s2)o1. The molecule has 0 aromatic carbocycles. The van der Waals surface area contributed by atoms with Crippen molar-refractivity contribution in [1.82, 2.24) is 0 Å². The molecular formula is C36H16O8S. The van der Waals surface area contributed by atoms with Gasteiger partial charge in [-0.05, 0) is 120 Å². The van der Waals surface area contributed by atoms with E-state index in [-0.39, 0.29) is 46.1 Å². The molecule has 0 spiro atoms. The van der Waals surface area contributed by atoms with E-state index in [0.29, 0.717) is 36.3 Å². The molecule has 0 aliphatic heterocycles. The van der Waals surface area contributed by atoms with E-state index in [1.54, 1.807) is 36.4 Å². The van der Waals surface area contributed by atoms with Crippen molar-refractivity contribution >= 4 is 48.6 Å². The van der Waals surface area contributed by atoms with E-state index >= 15 is 0 Å². The Balaban J connectivity index is 1.48. The molecule has 9 heteroatoms. The first-order valence-electron chi connectivity index (χ1n) is 12.8. The fourth-order valence-corrected chi connectivity index (χ4v) is 4.36. The van der Waals surface area contributed by atoms with E-state index in [2.05, 4.69) is 47.4 Å². The third-order valence-corrected chi connectivity index (χ3v) is 6.45. The van der Waals surface area contributed by atoms with E-state index in [4.69, 9.17) is 17.7 Å². The Morgan fingerprint density at radius 1 is 0.444 bits per heavy atom. The predicted molar refractivity (Wildman–Crippen MR) is 164 cm³/mol. The Bertz CT molecular complexity index is 1940. The Morgan fingerprint density at radius 3 is 0.978 bits per heavy atom. The maximum Gasteiger partial charge on any atom is 0.185 e. The number of hydrogen-bond donors (Lipinski definition) is 0. The molecule has 45 heavy (non-hydrogen) atoms. The summed E-state index contributed by atoms with van der Waals surface area (Å²) >= 11 is 1.40. The average Bonchev–Trinajstić information content (AvgIpc) is 3.90. The van der Waals surface area contributed by atoms with Crippen LogP contribution in [0.25, 0.3) is 12.2 Å². The van der Waals surface area contributed by atoms with Gasteiger partial charge in [0.1, 0.15) is 0 Å². The second-order valence-corrected chi connectivity index (χ2v) is 9.78. The molecule has 5 aromatic heterocycles. The van der Waals surface area contributed by atoms with Gasteiger partial charge in [0, 0.05) is 9.75 Å². The highest BCUT2D eigenvalue weighted by molar-refractivity contribution is 7.13. The van der Waals surface area contributed by atoms with Gasteiger partial charge < -0.3 is 17.7 Å². The molecule has 8 nitrogen and oxygen atoms in total. The minimum atomic E-state index is 0.150. The van der Waals surface area contributed by atoms with Crippen LogP contribution in [0.15, 0.2) is 89.5 Å². The summed E-state index contributed by atoms with van der Waals surface area (Å²) in [5, 5.41) is 0. The molecule has 0 unspecified atom stereocenters. The molecule has 0 saturated carbocycles. The van der Waals surface area contributed by atoms with Gasteiger partial charge in [-0.2, -0.15) is 0 Å². The van der Waals surface area contributed by atoms with Crippen LogP contribution < -0.4 is 0 Å². The van der Waals surface area contributed by atoms with Crippen molar-refractivity contribution in [2.45, 2.75) is 0 Å². The van der Waals surface area contributed by atoms with Gasteiger partial charge in [-0.25, -0.2) is 0 Å². The van der Waals surface area contributed by atoms with Gasteiger partial charge >= 0.3 is 0 Å². The van der Waals surface area contributed by atoms with Crippen molar-refractivity contribution in [2.24, 2.45) is 0 Å². The Kier molecular flexibility index (Phi) is 9.51. The molecule has 5 rings (SSSR count). The van der Waals surface area contributed by atoms with Crippen molar-refractivity contribution < 1.29 is 36.8 Å². The first-order chi connectivity index (χ1) is 22.0. The highest BCUT2D eigenvalue weighted by Crippen LogP contribution is 2.22. The molecule has 0 fully saturated rings. The topological polar surface area (TPSA) is 121 Å². The van der Waals surface area contributed by atoms with Crippen molar-refractivity contribution in [3.05, 3.63) is 128 Å². The van der Waals surface area contributed by atoms with Gasteiger partial charge in [0.2, 0.25) is 0 Å². The lowest BCUT2D eigenvalue weighted by atomic mass is 10.2. The quantitative estimate of drug-likeness (QED) is 0.162. The molecule has 0 bridgehead atoms. The van der Waals surface area contributed by atoms with Gasteiger partial charge in [0.25, 0.3) is 0 Å². The fraction of sp³-hybridized carbons (Fsp3) is 0. The largest absolute Gasteiger partial charge is 0.445 e. The molecular weight excluding hydrogens is 592 g/mol. The summed E-state index contributed by atoms with van der Waals surface area (Å²) in [6.07, 6.45) is 5.87. The minimum Gasteiger partial charge on any atom is -0.445 e. The lowest BCUT2D eigenvalue weighted by Gasteiger charge is -1.90. The first kappa shape index (κ1) is 29.7. The third kappa shape index (κ3) is 8.38. The highest BCUT2D eigenvalue weighted by Gasteiger charge is 2.03. The molecule has 0 atom stereocenters. The molecule has 0 aliphatic carbocycles. The molecule has 0 radical (unpaired) electrons. The zero-order chi connectivity index (χ0) is 31.4. The molecule has 0 N–H and O–H groups in total. The Hall–Kier alpha value is -6.78. The van der Waals surface area contributed by atoms with Gasteiger partial charge in [-0.3, -0.25) is 19.2 Å². The normalized spacial score (nSPS) is 9.42. The molecule has 5 aromatic rings. The number of furan rings is 4. The maximum atomic E-state index is 11.0. The number of rotatable bonds is 6. The van der Waals surface area contributed by atoms with E-state index in [1.807, 2.05) is 12.1 Å². The van der Waals surface area contributed by atoms with Gasteiger partial charge in [0.05, 0.1) is 11.1 Å². The zero-order valence-corrected chi connectivity index (χ0v) is 23.7. The summed E-state index contributed by atoms with van der Waals surface area (Å²) in [6, 6.07) is 16.1. The summed E-state index contributed by atoms with van der Waals surface area (Å²) in [5.74, 6) is 24.9. The lowest BCUT2D eigenvalue weighted by Crippen LogP contribution is -1.76. The van der Waals surface area contributed by atoms with Crippen LogP contribution in [0.3, 0.4) is 0 Å².